The van der Waals surface area contributed by atoms with Gasteiger partial charge in [0.05, 0.1) is 5.69 Å². The van der Waals surface area contributed by atoms with Gasteiger partial charge in [0.2, 0.25) is 0 Å². The molecule has 0 saturated carbocycles. The average molecular weight is 415 g/mol. The summed E-state index contributed by atoms with van der Waals surface area (Å²) in [6, 6.07) is 13.8. The molecule has 0 unspecified atom stereocenters. The number of hydrogen-bond acceptors (Lipinski definition) is 2. The van der Waals surface area contributed by atoms with Crippen molar-refractivity contribution in [2.24, 2.45) is 0 Å². The second-order valence-corrected chi connectivity index (χ2v) is 7.83. The van der Waals surface area contributed by atoms with Gasteiger partial charge in [-0.3, -0.25) is 9.59 Å². The van der Waals surface area contributed by atoms with E-state index in [-0.39, 0.29) is 23.5 Å². The first-order chi connectivity index (χ1) is 14.5. The fourth-order valence-corrected chi connectivity index (χ4v) is 3.90. The highest BCUT2D eigenvalue weighted by molar-refractivity contribution is 5.93. The molecule has 1 aliphatic heterocycles. The van der Waals surface area contributed by atoms with E-state index in [1.807, 2.05) is 31.2 Å². The summed E-state index contributed by atoms with van der Waals surface area (Å²) in [7, 11) is 0. The van der Waals surface area contributed by atoms with Gasteiger partial charge in [-0.15, -0.1) is 0 Å². The number of anilines is 2. The molecule has 4 N–H and O–H groups in total. The zero-order chi connectivity index (χ0) is 21.5. The molecule has 0 aliphatic carbocycles. The first-order valence-corrected chi connectivity index (χ1v) is 10.6. The van der Waals surface area contributed by atoms with Crippen LogP contribution in [-0.2, 0) is 16.0 Å². The van der Waals surface area contributed by atoms with E-state index in [0.717, 1.165) is 48.8 Å². The summed E-state index contributed by atoms with van der Waals surface area (Å²) in [6.07, 6.45) is 0.873. The zero-order valence-electron chi connectivity index (χ0n) is 17.6. The predicted octanol–water partition coefficient (Wildman–Crippen LogP) is 0.137. The smallest absolute Gasteiger partial charge is 0.282 e. The lowest BCUT2D eigenvalue weighted by Crippen LogP contribution is -3.30. The maximum Gasteiger partial charge on any atom is 0.282 e. The Labute approximate surface area is 177 Å². The number of hydrogen-bond donors (Lipinski definition) is 4. The molecule has 0 spiro atoms. The molecule has 30 heavy (non-hydrogen) atoms. The van der Waals surface area contributed by atoms with Crippen LogP contribution in [0.15, 0.2) is 48.5 Å². The SMILES string of the molecule is CCc1ccccc1NC(=O)C[NH+]1CC[NH+]([C@@H](C)C(=O)Nc2ccccc2F)CC1. The summed E-state index contributed by atoms with van der Waals surface area (Å²) >= 11 is 0. The van der Waals surface area contributed by atoms with Gasteiger partial charge in [-0.25, -0.2) is 4.39 Å². The average Bonchev–Trinajstić information content (AvgIpc) is 2.75. The summed E-state index contributed by atoms with van der Waals surface area (Å²) in [5, 5.41) is 5.71. The van der Waals surface area contributed by atoms with Gasteiger partial charge in [-0.2, -0.15) is 0 Å². The third kappa shape index (κ3) is 5.64. The summed E-state index contributed by atoms with van der Waals surface area (Å²) in [5.74, 6) is -0.606. The number of rotatable bonds is 7. The quantitative estimate of drug-likeness (QED) is 0.521. The lowest BCUT2D eigenvalue weighted by molar-refractivity contribution is -1.01. The lowest BCUT2D eigenvalue weighted by Gasteiger charge is -2.32. The minimum atomic E-state index is -0.432. The molecule has 160 valence electrons. The van der Waals surface area contributed by atoms with Crippen molar-refractivity contribution in [3.8, 4) is 0 Å². The zero-order valence-corrected chi connectivity index (χ0v) is 17.6. The molecule has 2 aromatic rings. The molecule has 0 bridgehead atoms. The van der Waals surface area contributed by atoms with Crippen LogP contribution in [0.3, 0.4) is 0 Å². The number of benzene rings is 2. The molecule has 1 fully saturated rings. The van der Waals surface area contributed by atoms with E-state index in [0.29, 0.717) is 6.54 Å². The van der Waals surface area contributed by atoms with Crippen molar-refractivity contribution >= 4 is 23.2 Å². The van der Waals surface area contributed by atoms with E-state index in [9.17, 15) is 14.0 Å². The fraction of sp³-hybridized carbons (Fsp3) is 0.391. The van der Waals surface area contributed by atoms with Crippen molar-refractivity contribution in [3.05, 3.63) is 59.9 Å². The first kappa shape index (κ1) is 21.9. The number of halogens is 1. The molecule has 2 aromatic carbocycles. The number of piperazine rings is 1. The number of quaternary nitrogens is 2. The molecule has 6 nitrogen and oxygen atoms in total. The first-order valence-electron chi connectivity index (χ1n) is 10.6. The van der Waals surface area contributed by atoms with Gasteiger partial charge >= 0.3 is 0 Å². The predicted molar refractivity (Wildman–Crippen MR) is 115 cm³/mol. The highest BCUT2D eigenvalue weighted by atomic mass is 19.1. The van der Waals surface area contributed by atoms with E-state index in [1.54, 1.807) is 18.2 Å². The van der Waals surface area contributed by atoms with Crippen LogP contribution in [0.2, 0.25) is 0 Å². The van der Waals surface area contributed by atoms with Crippen molar-refractivity contribution in [3.63, 3.8) is 0 Å². The van der Waals surface area contributed by atoms with Crippen molar-refractivity contribution < 1.29 is 23.8 Å². The molecule has 1 atom stereocenters. The molecular formula is C23H31FN4O2+2. The summed E-state index contributed by atoms with van der Waals surface area (Å²) < 4.78 is 13.8. The van der Waals surface area contributed by atoms with Gasteiger partial charge in [0.25, 0.3) is 11.8 Å². The third-order valence-corrected chi connectivity index (χ3v) is 5.82. The van der Waals surface area contributed by atoms with E-state index in [2.05, 4.69) is 17.6 Å². The number of amides is 2. The normalized spacial score (nSPS) is 19.7. The number of carbonyl (C=O) groups excluding carboxylic acids is 2. The van der Waals surface area contributed by atoms with Gasteiger partial charge in [0, 0.05) is 5.69 Å². The Morgan fingerprint density at radius 2 is 1.60 bits per heavy atom. The van der Waals surface area contributed by atoms with Crippen LogP contribution in [0.4, 0.5) is 15.8 Å². The highest BCUT2D eigenvalue weighted by Crippen LogP contribution is 2.15. The van der Waals surface area contributed by atoms with E-state index < -0.39 is 5.82 Å². The molecule has 1 heterocycles. The molecule has 0 aromatic heterocycles. The van der Waals surface area contributed by atoms with Crippen LogP contribution in [0.25, 0.3) is 0 Å². The van der Waals surface area contributed by atoms with Crippen LogP contribution in [-0.4, -0.2) is 50.6 Å². The van der Waals surface area contributed by atoms with Crippen molar-refractivity contribution in [2.45, 2.75) is 26.3 Å². The van der Waals surface area contributed by atoms with Gasteiger partial charge in [0.1, 0.15) is 32.0 Å². The van der Waals surface area contributed by atoms with Crippen molar-refractivity contribution in [1.82, 2.24) is 0 Å². The number of carbonyl (C=O) groups is 2. The molecule has 0 radical (unpaired) electrons. The molecule has 2 amide bonds. The largest absolute Gasteiger partial charge is 0.321 e. The molecule has 3 rings (SSSR count). The van der Waals surface area contributed by atoms with Crippen LogP contribution >= 0.6 is 0 Å². The molecular weight excluding hydrogens is 383 g/mol. The second kappa shape index (κ2) is 10.3. The van der Waals surface area contributed by atoms with E-state index in [1.165, 1.54) is 11.0 Å². The van der Waals surface area contributed by atoms with E-state index >= 15 is 0 Å². The number of aryl methyl sites for hydroxylation is 1. The van der Waals surface area contributed by atoms with Crippen LogP contribution < -0.4 is 20.4 Å². The standard InChI is InChI=1S/C23H29FN4O2/c1-3-18-8-4-6-10-20(18)25-22(29)16-27-12-14-28(15-13-27)17(2)23(30)26-21-11-7-5-9-19(21)24/h4-11,17H,3,12-16H2,1-2H3,(H,25,29)(H,26,30)/p+2/t17-/m0/s1. The van der Waals surface area contributed by atoms with Gasteiger partial charge in [0.15, 0.2) is 12.6 Å². The van der Waals surface area contributed by atoms with Crippen molar-refractivity contribution in [2.75, 3.05) is 43.4 Å². The fourth-order valence-electron chi connectivity index (χ4n) is 3.90. The topological polar surface area (TPSA) is 67.1 Å². The minimum absolute atomic E-state index is 0.0136. The Balaban J connectivity index is 1.46. The molecule has 7 heteroatoms. The summed E-state index contributed by atoms with van der Waals surface area (Å²) in [4.78, 5) is 27.4. The Hall–Kier alpha value is -2.77. The Morgan fingerprint density at radius 1 is 0.967 bits per heavy atom. The Morgan fingerprint density at radius 3 is 2.27 bits per heavy atom. The third-order valence-electron chi connectivity index (χ3n) is 5.82. The highest BCUT2D eigenvalue weighted by Gasteiger charge is 2.32. The monoisotopic (exact) mass is 414 g/mol. The molecule has 1 saturated heterocycles. The van der Waals surface area contributed by atoms with Crippen LogP contribution in [0.5, 0.6) is 0 Å². The van der Waals surface area contributed by atoms with Crippen LogP contribution in [0, 0.1) is 5.82 Å². The lowest BCUT2D eigenvalue weighted by atomic mass is 10.1. The van der Waals surface area contributed by atoms with Gasteiger partial charge < -0.3 is 20.4 Å². The minimum Gasteiger partial charge on any atom is -0.321 e. The second-order valence-electron chi connectivity index (χ2n) is 7.83. The Bertz CT molecular complexity index is 881. The van der Waals surface area contributed by atoms with Crippen LogP contribution in [0.1, 0.15) is 19.4 Å². The summed E-state index contributed by atoms with van der Waals surface area (Å²) in [6.45, 7) is 7.57. The Kier molecular flexibility index (Phi) is 7.54. The van der Waals surface area contributed by atoms with E-state index in [4.69, 9.17) is 0 Å². The van der Waals surface area contributed by atoms with Gasteiger partial charge in [-0.1, -0.05) is 37.3 Å². The summed E-state index contributed by atoms with van der Waals surface area (Å²) in [5.41, 5.74) is 2.22. The van der Waals surface area contributed by atoms with Gasteiger partial charge in [-0.05, 0) is 37.1 Å². The van der Waals surface area contributed by atoms with Crippen molar-refractivity contribution in [1.29, 1.82) is 0 Å². The molecule has 1 aliphatic rings. The number of para-hydroxylation sites is 2. The maximum absolute atomic E-state index is 13.8. The number of nitrogens with one attached hydrogen (secondary N) is 4. The maximum atomic E-state index is 13.8.